The maximum Gasteiger partial charge on any atom is 0.313 e. The molecule has 3 fully saturated rings. The summed E-state index contributed by atoms with van der Waals surface area (Å²) in [5.74, 6) is -0.0568. The Bertz CT molecular complexity index is 761. The number of fused-ring (bicyclic) bond motifs is 2. The van der Waals surface area contributed by atoms with Crippen molar-refractivity contribution >= 4 is 11.5 Å². The van der Waals surface area contributed by atoms with Gasteiger partial charge in [-0.25, -0.2) is 0 Å². The number of carbonyl (C=O) groups is 1. The lowest BCUT2D eigenvalue weighted by molar-refractivity contribution is -0.994. The molecule has 3 heteroatoms. The number of benzene rings is 1. The van der Waals surface area contributed by atoms with Crippen LogP contribution in [0.3, 0.4) is 0 Å². The first-order chi connectivity index (χ1) is 14.1. The van der Waals surface area contributed by atoms with Gasteiger partial charge in [-0.3, -0.25) is 4.79 Å². The van der Waals surface area contributed by atoms with Gasteiger partial charge in [-0.1, -0.05) is 36.4 Å². The Kier molecular flexibility index (Phi) is 5.06. The first-order valence-corrected chi connectivity index (χ1v) is 11.9. The van der Waals surface area contributed by atoms with Crippen molar-refractivity contribution in [2.24, 2.45) is 5.92 Å². The lowest BCUT2D eigenvalue weighted by atomic mass is 9.83. The van der Waals surface area contributed by atoms with Gasteiger partial charge in [0.2, 0.25) is 0 Å². The summed E-state index contributed by atoms with van der Waals surface area (Å²) in [6, 6.07) is 13.4. The Hall–Kier alpha value is -1.61. The molecule has 3 atom stereocenters. The van der Waals surface area contributed by atoms with Crippen LogP contribution in [0.15, 0.2) is 36.4 Å². The van der Waals surface area contributed by atoms with Gasteiger partial charge in [-0.05, 0) is 44.2 Å². The summed E-state index contributed by atoms with van der Waals surface area (Å²) < 4.78 is 7.59. The molecule has 0 N–H and O–H groups in total. The van der Waals surface area contributed by atoms with Crippen molar-refractivity contribution in [1.82, 2.24) is 0 Å². The molecule has 5 rings (SSSR count). The van der Waals surface area contributed by atoms with E-state index in [0.29, 0.717) is 18.1 Å². The third kappa shape index (κ3) is 3.26. The Balaban J connectivity index is 1.30. The first kappa shape index (κ1) is 19.4. The number of ether oxygens (including phenoxy) is 1. The van der Waals surface area contributed by atoms with Gasteiger partial charge >= 0.3 is 5.97 Å². The molecule has 4 aliphatic rings. The average molecular weight is 395 g/mol. The Labute approximate surface area is 175 Å². The highest BCUT2D eigenvalue weighted by Crippen LogP contribution is 2.53. The number of hydrogen-bond donors (Lipinski definition) is 0. The summed E-state index contributed by atoms with van der Waals surface area (Å²) >= 11 is 0. The lowest BCUT2D eigenvalue weighted by Gasteiger charge is -2.53. The van der Waals surface area contributed by atoms with Gasteiger partial charge in [-0.2, -0.15) is 0 Å². The number of allylic oxidation sites excluding steroid dienone is 1. The number of carbonyl (C=O) groups excluding carboxylic acids is 1. The summed E-state index contributed by atoms with van der Waals surface area (Å²) in [6.07, 6.45) is 13.1. The molecule has 2 saturated heterocycles. The number of nitrogens with zero attached hydrogens (tertiary/aromatic N) is 1. The minimum atomic E-state index is -0.0847. The van der Waals surface area contributed by atoms with Crippen molar-refractivity contribution in [3.05, 3.63) is 42.0 Å². The second kappa shape index (κ2) is 7.58. The highest BCUT2D eigenvalue weighted by atomic mass is 16.5. The molecule has 0 aromatic heterocycles. The molecule has 2 bridgehead atoms. The summed E-state index contributed by atoms with van der Waals surface area (Å²) in [7, 11) is 0. The molecule has 1 aromatic rings. The van der Waals surface area contributed by atoms with Crippen LogP contribution in [0.4, 0.5) is 0 Å². The van der Waals surface area contributed by atoms with Crippen molar-refractivity contribution in [2.45, 2.75) is 102 Å². The molecular weight excluding hydrogens is 358 g/mol. The molecule has 29 heavy (non-hydrogen) atoms. The maximum atomic E-state index is 13.3. The molecule has 3 nitrogen and oxygen atoms in total. The second-order valence-corrected chi connectivity index (χ2v) is 10.1. The smallest absolute Gasteiger partial charge is 0.313 e. The highest BCUT2D eigenvalue weighted by molar-refractivity contribution is 5.89. The highest BCUT2D eigenvalue weighted by Gasteiger charge is 2.62. The summed E-state index contributed by atoms with van der Waals surface area (Å²) in [4.78, 5) is 13.3. The van der Waals surface area contributed by atoms with Crippen LogP contribution < -0.4 is 0 Å². The third-order valence-electron chi connectivity index (χ3n) is 8.35. The van der Waals surface area contributed by atoms with Crippen LogP contribution in [0.2, 0.25) is 0 Å². The fourth-order valence-electron chi connectivity index (χ4n) is 7.23. The second-order valence-electron chi connectivity index (χ2n) is 10.1. The van der Waals surface area contributed by atoms with E-state index in [-0.39, 0.29) is 18.0 Å². The normalized spacial score (nSPS) is 36.7. The Morgan fingerprint density at radius 3 is 2.24 bits per heavy atom. The van der Waals surface area contributed by atoms with E-state index in [1.807, 2.05) is 6.07 Å². The van der Waals surface area contributed by atoms with Crippen molar-refractivity contribution in [3.63, 3.8) is 0 Å². The summed E-state index contributed by atoms with van der Waals surface area (Å²) in [5.41, 5.74) is 2.37. The van der Waals surface area contributed by atoms with E-state index >= 15 is 0 Å². The quantitative estimate of drug-likeness (QED) is 0.487. The van der Waals surface area contributed by atoms with Crippen molar-refractivity contribution in [3.8, 4) is 0 Å². The molecule has 0 radical (unpaired) electrons. The molecule has 2 heterocycles. The molecule has 0 amide bonds. The Morgan fingerprint density at radius 2 is 1.62 bits per heavy atom. The molecule has 3 unspecified atom stereocenters. The van der Waals surface area contributed by atoms with Crippen LogP contribution in [0.5, 0.6) is 0 Å². The fraction of sp³-hybridized carbons (Fsp3) is 0.654. The standard InChI is InChI=1S/C26H36NO2/c1-18(2)27(20-12-13-20)21-14-15-22(27)17-23(16-21)29-26(28)25-11-7-6-10-24(25)19-8-4-3-5-9-19/h3-5,8-10,18,20-23,25H,6-7,11-17H2,1-2H3/q+1. The lowest BCUT2D eigenvalue weighted by Crippen LogP contribution is -2.66. The number of piperidine rings is 1. The molecule has 2 aliphatic heterocycles. The monoisotopic (exact) mass is 394 g/mol. The number of rotatable bonds is 5. The van der Waals surface area contributed by atoms with Gasteiger partial charge in [0.15, 0.2) is 0 Å². The van der Waals surface area contributed by atoms with Crippen LogP contribution in [0, 0.1) is 5.92 Å². The SMILES string of the molecule is CC(C)[N+]1(C2CC2)C2CCC1CC(OC(=O)C1CCCC=C1c1ccccc1)C2. The van der Waals surface area contributed by atoms with E-state index in [9.17, 15) is 4.79 Å². The van der Waals surface area contributed by atoms with E-state index in [1.54, 1.807) is 0 Å². The zero-order valence-electron chi connectivity index (χ0n) is 18.1. The van der Waals surface area contributed by atoms with Gasteiger partial charge in [0, 0.05) is 38.5 Å². The predicted molar refractivity (Wildman–Crippen MR) is 116 cm³/mol. The predicted octanol–water partition coefficient (Wildman–Crippen LogP) is 5.49. The van der Waals surface area contributed by atoms with Crippen LogP contribution in [-0.2, 0) is 9.53 Å². The molecule has 1 saturated carbocycles. The molecule has 2 aliphatic carbocycles. The van der Waals surface area contributed by atoms with Crippen molar-refractivity contribution < 1.29 is 14.0 Å². The first-order valence-electron chi connectivity index (χ1n) is 11.9. The van der Waals surface area contributed by atoms with Crippen LogP contribution >= 0.6 is 0 Å². The molecule has 0 spiro atoms. The van der Waals surface area contributed by atoms with E-state index in [2.05, 4.69) is 44.2 Å². The van der Waals surface area contributed by atoms with Gasteiger partial charge in [0.25, 0.3) is 0 Å². The zero-order chi connectivity index (χ0) is 20.0. The average Bonchev–Trinajstić information content (AvgIpc) is 3.55. The van der Waals surface area contributed by atoms with Crippen molar-refractivity contribution in [1.29, 1.82) is 0 Å². The van der Waals surface area contributed by atoms with Crippen LogP contribution in [-0.4, -0.2) is 40.7 Å². The summed E-state index contributed by atoms with van der Waals surface area (Å²) in [5, 5.41) is 0. The van der Waals surface area contributed by atoms with Crippen molar-refractivity contribution in [2.75, 3.05) is 0 Å². The van der Waals surface area contributed by atoms with E-state index in [0.717, 1.165) is 38.1 Å². The Morgan fingerprint density at radius 1 is 0.966 bits per heavy atom. The maximum absolute atomic E-state index is 13.3. The molecule has 156 valence electrons. The van der Waals surface area contributed by atoms with Crippen LogP contribution in [0.25, 0.3) is 5.57 Å². The van der Waals surface area contributed by atoms with Gasteiger partial charge in [0.05, 0.1) is 30.1 Å². The van der Waals surface area contributed by atoms with Gasteiger partial charge in [0.1, 0.15) is 6.10 Å². The molecule has 1 aromatic carbocycles. The number of quaternary nitrogens is 1. The molecular formula is C26H36NO2+. The summed E-state index contributed by atoms with van der Waals surface area (Å²) in [6.45, 7) is 4.85. The minimum Gasteiger partial charge on any atom is -0.461 e. The minimum absolute atomic E-state index is 0.0279. The van der Waals surface area contributed by atoms with E-state index in [1.165, 1.54) is 41.3 Å². The third-order valence-corrected chi connectivity index (χ3v) is 8.35. The van der Waals surface area contributed by atoms with E-state index in [4.69, 9.17) is 4.74 Å². The van der Waals surface area contributed by atoms with Gasteiger partial charge < -0.3 is 9.22 Å². The van der Waals surface area contributed by atoms with Crippen LogP contribution in [0.1, 0.15) is 77.2 Å². The zero-order valence-corrected chi connectivity index (χ0v) is 18.1. The number of hydrogen-bond acceptors (Lipinski definition) is 2. The topological polar surface area (TPSA) is 26.3 Å². The number of esters is 1. The van der Waals surface area contributed by atoms with E-state index < -0.39 is 0 Å². The fourth-order valence-corrected chi connectivity index (χ4v) is 7.23. The van der Waals surface area contributed by atoms with Gasteiger partial charge in [-0.15, -0.1) is 0 Å². The largest absolute Gasteiger partial charge is 0.461 e.